The molecule has 1 aliphatic heterocycles. The molecule has 0 N–H and O–H groups in total. The Kier molecular flexibility index (Phi) is 2.64. The molecule has 0 spiro atoms. The van der Waals surface area contributed by atoms with Crippen molar-refractivity contribution in [2.75, 3.05) is 6.61 Å². The van der Waals surface area contributed by atoms with Crippen LogP contribution in [-0.4, -0.2) is 6.61 Å². The minimum Gasteiger partial charge on any atom is -0.489 e. The highest BCUT2D eigenvalue weighted by molar-refractivity contribution is 7.08. The second-order valence-electron chi connectivity index (χ2n) is 3.51. The van der Waals surface area contributed by atoms with E-state index < -0.39 is 0 Å². The zero-order valence-electron chi connectivity index (χ0n) is 8.55. The Hall–Kier alpha value is -1.32. The fraction of sp³-hybridized carbons (Fsp3) is 0.0769. The van der Waals surface area contributed by atoms with Crippen LogP contribution in [0.15, 0.2) is 45.5 Å². The Bertz CT molecular complexity index is 518. The van der Waals surface area contributed by atoms with Gasteiger partial charge in [0.15, 0.2) is 0 Å². The molecule has 0 aliphatic carbocycles. The highest BCUT2D eigenvalue weighted by Crippen LogP contribution is 2.31. The SMILES string of the molecule is C1=C(c2ccsc2)/C(=C/c2ccsc2)OC1. The van der Waals surface area contributed by atoms with Gasteiger partial charge >= 0.3 is 0 Å². The van der Waals surface area contributed by atoms with Gasteiger partial charge in [-0.05, 0) is 56.9 Å². The summed E-state index contributed by atoms with van der Waals surface area (Å²) in [4.78, 5) is 0. The van der Waals surface area contributed by atoms with Crippen LogP contribution in [0.2, 0.25) is 0 Å². The molecule has 3 heterocycles. The Balaban J connectivity index is 1.95. The van der Waals surface area contributed by atoms with Crippen molar-refractivity contribution < 1.29 is 4.74 Å². The molecule has 1 aliphatic rings. The van der Waals surface area contributed by atoms with Crippen LogP contribution in [0, 0.1) is 0 Å². The molecule has 3 rings (SSSR count). The number of hydrogen-bond donors (Lipinski definition) is 0. The standard InChI is InChI=1S/C13H10OS2/c1-4-14-13(7-10-2-5-15-8-10)12(1)11-3-6-16-9-11/h1-3,5-9H,4H2/b13-7-. The zero-order chi connectivity index (χ0) is 10.8. The van der Waals surface area contributed by atoms with Crippen LogP contribution >= 0.6 is 22.7 Å². The lowest BCUT2D eigenvalue weighted by Crippen LogP contribution is -1.85. The lowest BCUT2D eigenvalue weighted by molar-refractivity contribution is 0.284. The molecule has 1 nitrogen and oxygen atoms in total. The average Bonchev–Trinajstić information content (AvgIpc) is 2.98. The Morgan fingerprint density at radius 3 is 2.75 bits per heavy atom. The monoisotopic (exact) mass is 246 g/mol. The van der Waals surface area contributed by atoms with Crippen LogP contribution in [-0.2, 0) is 4.74 Å². The Labute approximate surface area is 102 Å². The van der Waals surface area contributed by atoms with Gasteiger partial charge in [-0.3, -0.25) is 0 Å². The minimum atomic E-state index is 0.682. The van der Waals surface area contributed by atoms with E-state index in [1.54, 1.807) is 22.7 Å². The van der Waals surface area contributed by atoms with Gasteiger partial charge in [0.2, 0.25) is 0 Å². The van der Waals surface area contributed by atoms with Gasteiger partial charge in [0.1, 0.15) is 12.4 Å². The highest BCUT2D eigenvalue weighted by atomic mass is 32.1. The maximum absolute atomic E-state index is 5.64. The molecule has 0 saturated heterocycles. The summed E-state index contributed by atoms with van der Waals surface area (Å²) in [5, 5.41) is 8.45. The summed E-state index contributed by atoms with van der Waals surface area (Å²) in [6, 6.07) is 4.23. The van der Waals surface area contributed by atoms with E-state index in [1.165, 1.54) is 16.7 Å². The lowest BCUT2D eigenvalue weighted by Gasteiger charge is -2.03. The van der Waals surface area contributed by atoms with Crippen molar-refractivity contribution in [3.63, 3.8) is 0 Å². The van der Waals surface area contributed by atoms with Gasteiger partial charge < -0.3 is 4.74 Å². The maximum atomic E-state index is 5.64. The summed E-state index contributed by atoms with van der Waals surface area (Å²) in [7, 11) is 0. The Morgan fingerprint density at radius 2 is 2.00 bits per heavy atom. The van der Waals surface area contributed by atoms with Crippen LogP contribution in [0.5, 0.6) is 0 Å². The van der Waals surface area contributed by atoms with E-state index in [2.05, 4.69) is 45.8 Å². The van der Waals surface area contributed by atoms with Crippen molar-refractivity contribution in [1.82, 2.24) is 0 Å². The fourth-order valence-electron chi connectivity index (χ4n) is 1.70. The second kappa shape index (κ2) is 4.28. The summed E-state index contributed by atoms with van der Waals surface area (Å²) in [5.41, 5.74) is 3.68. The fourth-order valence-corrected chi connectivity index (χ4v) is 2.97. The molecule has 2 aromatic rings. The average molecular weight is 246 g/mol. The van der Waals surface area contributed by atoms with Crippen LogP contribution in [0.3, 0.4) is 0 Å². The predicted molar refractivity (Wildman–Crippen MR) is 70.5 cm³/mol. The van der Waals surface area contributed by atoms with Crippen molar-refractivity contribution in [1.29, 1.82) is 0 Å². The van der Waals surface area contributed by atoms with Gasteiger partial charge in [0.05, 0.1) is 0 Å². The first kappa shape index (κ1) is 9.87. The second-order valence-corrected chi connectivity index (χ2v) is 5.07. The van der Waals surface area contributed by atoms with Gasteiger partial charge in [-0.1, -0.05) is 0 Å². The summed E-state index contributed by atoms with van der Waals surface area (Å²) >= 11 is 3.42. The Morgan fingerprint density at radius 1 is 1.12 bits per heavy atom. The van der Waals surface area contributed by atoms with Crippen LogP contribution < -0.4 is 0 Å². The molecule has 0 unspecified atom stereocenters. The summed E-state index contributed by atoms with van der Waals surface area (Å²) < 4.78 is 5.64. The van der Waals surface area contributed by atoms with Crippen LogP contribution in [0.25, 0.3) is 11.6 Å². The van der Waals surface area contributed by atoms with E-state index >= 15 is 0 Å². The predicted octanol–water partition coefficient (Wildman–Crippen LogP) is 4.26. The normalized spacial score (nSPS) is 17.5. The lowest BCUT2D eigenvalue weighted by atomic mass is 10.1. The van der Waals surface area contributed by atoms with Gasteiger partial charge in [-0.15, -0.1) is 0 Å². The molecule has 80 valence electrons. The molecule has 2 aromatic heterocycles. The summed E-state index contributed by atoms with van der Waals surface area (Å²) in [5.74, 6) is 0.983. The van der Waals surface area contributed by atoms with Crippen molar-refractivity contribution in [2.24, 2.45) is 0 Å². The highest BCUT2D eigenvalue weighted by Gasteiger charge is 2.15. The van der Waals surface area contributed by atoms with Crippen molar-refractivity contribution in [3.05, 3.63) is 56.6 Å². The third-order valence-corrected chi connectivity index (χ3v) is 3.85. The van der Waals surface area contributed by atoms with Crippen LogP contribution in [0.4, 0.5) is 0 Å². The van der Waals surface area contributed by atoms with E-state index in [1.807, 2.05) is 0 Å². The number of allylic oxidation sites excluding steroid dienone is 1. The molecule has 0 bridgehead atoms. The summed E-state index contributed by atoms with van der Waals surface area (Å²) in [6.45, 7) is 0.682. The molecule has 3 heteroatoms. The molecule has 0 fully saturated rings. The first-order valence-corrected chi connectivity index (χ1v) is 6.92. The molecule has 0 atom stereocenters. The van der Waals surface area contributed by atoms with Gasteiger partial charge in [0, 0.05) is 5.57 Å². The van der Waals surface area contributed by atoms with E-state index in [9.17, 15) is 0 Å². The third kappa shape index (κ3) is 1.84. The number of rotatable bonds is 2. The summed E-state index contributed by atoms with van der Waals surface area (Å²) in [6.07, 6.45) is 4.24. The first-order valence-electron chi connectivity index (χ1n) is 5.03. The van der Waals surface area contributed by atoms with Gasteiger partial charge in [-0.2, -0.15) is 22.7 Å². The van der Waals surface area contributed by atoms with E-state index in [4.69, 9.17) is 4.74 Å². The first-order chi connectivity index (χ1) is 7.93. The van der Waals surface area contributed by atoms with E-state index in [0.29, 0.717) is 6.61 Å². The zero-order valence-corrected chi connectivity index (χ0v) is 10.2. The molecular weight excluding hydrogens is 236 g/mol. The van der Waals surface area contributed by atoms with Crippen molar-refractivity contribution in [3.8, 4) is 0 Å². The quantitative estimate of drug-likeness (QED) is 0.769. The number of ether oxygens (including phenoxy) is 1. The largest absolute Gasteiger partial charge is 0.489 e. The van der Waals surface area contributed by atoms with Gasteiger partial charge in [0.25, 0.3) is 0 Å². The molecule has 16 heavy (non-hydrogen) atoms. The van der Waals surface area contributed by atoms with Gasteiger partial charge in [-0.25, -0.2) is 0 Å². The molecule has 0 radical (unpaired) electrons. The molecular formula is C13H10OS2. The van der Waals surface area contributed by atoms with E-state index in [-0.39, 0.29) is 0 Å². The molecule has 0 amide bonds. The van der Waals surface area contributed by atoms with E-state index in [0.717, 1.165) is 5.76 Å². The topological polar surface area (TPSA) is 9.23 Å². The minimum absolute atomic E-state index is 0.682. The van der Waals surface area contributed by atoms with Crippen LogP contribution in [0.1, 0.15) is 11.1 Å². The number of thiophene rings is 2. The van der Waals surface area contributed by atoms with Crippen molar-refractivity contribution in [2.45, 2.75) is 0 Å². The molecule has 0 aromatic carbocycles. The smallest absolute Gasteiger partial charge is 0.128 e. The third-order valence-electron chi connectivity index (χ3n) is 2.46. The number of hydrogen-bond acceptors (Lipinski definition) is 3. The molecule has 0 saturated carbocycles. The van der Waals surface area contributed by atoms with Crippen molar-refractivity contribution >= 4 is 34.3 Å². The maximum Gasteiger partial charge on any atom is 0.128 e.